The minimum Gasteiger partial charge on any atom is -0.377 e. The van der Waals surface area contributed by atoms with Gasteiger partial charge in [-0.2, -0.15) is 0 Å². The molecule has 0 amide bonds. The Morgan fingerprint density at radius 2 is 2.22 bits per heavy atom. The molecule has 0 saturated carbocycles. The van der Waals surface area contributed by atoms with E-state index < -0.39 is 0 Å². The molecule has 0 aliphatic carbocycles. The largest absolute Gasteiger partial charge is 0.377 e. The molecule has 108 valence electrons. The fraction of sp³-hybridized carbons (Fsp3) is 1.00. The van der Waals surface area contributed by atoms with Crippen molar-refractivity contribution in [3.63, 3.8) is 0 Å². The zero-order chi connectivity index (χ0) is 13.2. The van der Waals surface area contributed by atoms with Gasteiger partial charge in [0.15, 0.2) is 0 Å². The van der Waals surface area contributed by atoms with Gasteiger partial charge in [-0.25, -0.2) is 0 Å². The standard InChI is InChI=1S/C15H32N2O/c1-4-9-16-14(2)8-5-6-10-17-11-7-12-18-15(3)13-17/h14-16H,4-13H2,1-3H3. The molecule has 0 aromatic rings. The van der Waals surface area contributed by atoms with Gasteiger partial charge < -0.3 is 15.0 Å². The van der Waals surface area contributed by atoms with Crippen molar-refractivity contribution in [1.82, 2.24) is 10.2 Å². The highest BCUT2D eigenvalue weighted by Crippen LogP contribution is 2.08. The van der Waals surface area contributed by atoms with Crippen LogP contribution in [0.15, 0.2) is 0 Å². The minimum atomic E-state index is 0.414. The molecule has 2 atom stereocenters. The Kier molecular flexibility index (Phi) is 8.64. The normalized spacial score (nSPS) is 23.8. The topological polar surface area (TPSA) is 24.5 Å². The van der Waals surface area contributed by atoms with E-state index in [2.05, 4.69) is 31.0 Å². The highest BCUT2D eigenvalue weighted by molar-refractivity contribution is 4.67. The molecule has 18 heavy (non-hydrogen) atoms. The maximum absolute atomic E-state index is 5.67. The van der Waals surface area contributed by atoms with Gasteiger partial charge in [0.25, 0.3) is 0 Å². The van der Waals surface area contributed by atoms with Crippen LogP contribution in [0.25, 0.3) is 0 Å². The maximum Gasteiger partial charge on any atom is 0.0673 e. The molecular weight excluding hydrogens is 224 g/mol. The third-order valence-electron chi connectivity index (χ3n) is 3.64. The molecule has 0 bridgehead atoms. The van der Waals surface area contributed by atoms with Gasteiger partial charge in [0.2, 0.25) is 0 Å². The Hall–Kier alpha value is -0.120. The van der Waals surface area contributed by atoms with Crippen molar-refractivity contribution in [3.8, 4) is 0 Å². The average Bonchev–Trinajstić information content (AvgIpc) is 2.56. The van der Waals surface area contributed by atoms with Gasteiger partial charge in [-0.05, 0) is 52.6 Å². The number of rotatable bonds is 8. The lowest BCUT2D eigenvalue weighted by molar-refractivity contribution is 0.0675. The predicted molar refractivity (Wildman–Crippen MR) is 78.1 cm³/mol. The summed E-state index contributed by atoms with van der Waals surface area (Å²) in [7, 11) is 0. The van der Waals surface area contributed by atoms with Crippen molar-refractivity contribution in [3.05, 3.63) is 0 Å². The molecule has 1 N–H and O–H groups in total. The SMILES string of the molecule is CCCNC(C)CCCCN1CCCOC(C)C1. The van der Waals surface area contributed by atoms with Crippen LogP contribution in [0.3, 0.4) is 0 Å². The molecule has 1 rings (SSSR count). The molecule has 1 heterocycles. The predicted octanol–water partition coefficient (Wildman–Crippen LogP) is 2.66. The van der Waals surface area contributed by atoms with Gasteiger partial charge in [-0.15, -0.1) is 0 Å². The molecule has 2 unspecified atom stereocenters. The van der Waals surface area contributed by atoms with Crippen LogP contribution in [-0.2, 0) is 4.74 Å². The van der Waals surface area contributed by atoms with Gasteiger partial charge in [0.05, 0.1) is 6.10 Å². The zero-order valence-corrected chi connectivity index (χ0v) is 12.6. The van der Waals surface area contributed by atoms with Crippen molar-refractivity contribution in [2.24, 2.45) is 0 Å². The molecule has 1 fully saturated rings. The van der Waals surface area contributed by atoms with E-state index in [0.717, 1.165) is 19.7 Å². The Morgan fingerprint density at radius 1 is 1.39 bits per heavy atom. The lowest BCUT2D eigenvalue weighted by Gasteiger charge is -2.22. The summed E-state index contributed by atoms with van der Waals surface area (Å²) in [5.41, 5.74) is 0. The van der Waals surface area contributed by atoms with Gasteiger partial charge in [0, 0.05) is 25.7 Å². The van der Waals surface area contributed by atoms with Crippen LogP contribution in [0.5, 0.6) is 0 Å². The molecule has 0 aromatic heterocycles. The van der Waals surface area contributed by atoms with Crippen molar-refractivity contribution in [2.75, 3.05) is 32.8 Å². The van der Waals surface area contributed by atoms with Gasteiger partial charge in [-0.1, -0.05) is 13.3 Å². The molecule has 1 aliphatic heterocycles. The van der Waals surface area contributed by atoms with Crippen LogP contribution in [-0.4, -0.2) is 49.8 Å². The number of nitrogens with one attached hydrogen (secondary N) is 1. The lowest BCUT2D eigenvalue weighted by atomic mass is 10.1. The van der Waals surface area contributed by atoms with Crippen molar-refractivity contribution < 1.29 is 4.74 Å². The number of unbranched alkanes of at least 4 members (excludes halogenated alkanes) is 1. The van der Waals surface area contributed by atoms with Crippen LogP contribution in [0.4, 0.5) is 0 Å². The van der Waals surface area contributed by atoms with E-state index >= 15 is 0 Å². The van der Waals surface area contributed by atoms with Crippen molar-refractivity contribution in [1.29, 1.82) is 0 Å². The lowest BCUT2D eigenvalue weighted by Crippen LogP contribution is -2.31. The number of ether oxygens (including phenoxy) is 1. The van der Waals surface area contributed by atoms with Crippen LogP contribution in [0.2, 0.25) is 0 Å². The monoisotopic (exact) mass is 256 g/mol. The number of hydrogen-bond donors (Lipinski definition) is 1. The van der Waals surface area contributed by atoms with E-state index in [1.165, 1.54) is 45.2 Å². The van der Waals surface area contributed by atoms with E-state index in [9.17, 15) is 0 Å². The fourth-order valence-electron chi connectivity index (χ4n) is 2.56. The first-order chi connectivity index (χ1) is 8.72. The summed E-state index contributed by atoms with van der Waals surface area (Å²) in [4.78, 5) is 2.57. The van der Waals surface area contributed by atoms with Gasteiger partial charge >= 0.3 is 0 Å². The summed E-state index contributed by atoms with van der Waals surface area (Å²) in [6.45, 7) is 12.4. The maximum atomic E-state index is 5.67. The molecule has 1 saturated heterocycles. The van der Waals surface area contributed by atoms with E-state index in [0.29, 0.717) is 12.1 Å². The van der Waals surface area contributed by atoms with E-state index in [-0.39, 0.29) is 0 Å². The summed E-state index contributed by atoms with van der Waals surface area (Å²) in [5, 5.41) is 3.55. The summed E-state index contributed by atoms with van der Waals surface area (Å²) in [6, 6.07) is 0.677. The van der Waals surface area contributed by atoms with Gasteiger partial charge in [-0.3, -0.25) is 0 Å². The van der Waals surface area contributed by atoms with E-state index in [1.54, 1.807) is 0 Å². The van der Waals surface area contributed by atoms with Crippen LogP contribution in [0, 0.1) is 0 Å². The first-order valence-electron chi connectivity index (χ1n) is 7.79. The second-order valence-corrected chi connectivity index (χ2v) is 5.69. The molecule has 0 spiro atoms. The minimum absolute atomic E-state index is 0.414. The Bertz CT molecular complexity index is 199. The summed E-state index contributed by atoms with van der Waals surface area (Å²) in [6.07, 6.45) is 6.81. The van der Waals surface area contributed by atoms with Crippen LogP contribution >= 0.6 is 0 Å². The average molecular weight is 256 g/mol. The van der Waals surface area contributed by atoms with E-state index in [1.807, 2.05) is 0 Å². The Morgan fingerprint density at radius 3 is 3.00 bits per heavy atom. The van der Waals surface area contributed by atoms with Crippen LogP contribution in [0.1, 0.15) is 52.9 Å². The molecular formula is C15H32N2O. The van der Waals surface area contributed by atoms with Crippen molar-refractivity contribution in [2.45, 2.75) is 65.0 Å². The fourth-order valence-corrected chi connectivity index (χ4v) is 2.56. The zero-order valence-electron chi connectivity index (χ0n) is 12.6. The molecule has 1 aliphatic rings. The van der Waals surface area contributed by atoms with Gasteiger partial charge in [0.1, 0.15) is 0 Å². The third-order valence-corrected chi connectivity index (χ3v) is 3.64. The van der Waals surface area contributed by atoms with Crippen molar-refractivity contribution >= 4 is 0 Å². The summed E-state index contributed by atoms with van der Waals surface area (Å²) >= 11 is 0. The first kappa shape index (κ1) is 15.9. The first-order valence-corrected chi connectivity index (χ1v) is 7.79. The highest BCUT2D eigenvalue weighted by atomic mass is 16.5. The molecule has 3 heteroatoms. The molecule has 0 radical (unpaired) electrons. The second-order valence-electron chi connectivity index (χ2n) is 5.69. The third kappa shape index (κ3) is 7.34. The Labute approximate surface area is 113 Å². The summed E-state index contributed by atoms with van der Waals surface area (Å²) < 4.78 is 5.67. The smallest absolute Gasteiger partial charge is 0.0673 e. The van der Waals surface area contributed by atoms with Crippen LogP contribution < -0.4 is 5.32 Å². The molecule has 3 nitrogen and oxygen atoms in total. The Balaban J connectivity index is 2.02. The molecule has 0 aromatic carbocycles. The number of hydrogen-bond acceptors (Lipinski definition) is 3. The quantitative estimate of drug-likeness (QED) is 0.676. The second kappa shape index (κ2) is 9.76. The summed E-state index contributed by atoms with van der Waals surface area (Å²) in [5.74, 6) is 0. The number of nitrogens with zero attached hydrogens (tertiary/aromatic N) is 1. The highest BCUT2D eigenvalue weighted by Gasteiger charge is 2.14. The van der Waals surface area contributed by atoms with E-state index in [4.69, 9.17) is 4.74 Å².